The number of hydrogen-bond donors (Lipinski definition) is 1. The minimum atomic E-state index is 0.250. The predicted molar refractivity (Wildman–Crippen MR) is 108 cm³/mol. The normalized spacial score (nSPS) is 10.9. The van der Waals surface area contributed by atoms with E-state index in [1.54, 1.807) is 19.2 Å². The lowest BCUT2D eigenvalue weighted by molar-refractivity contribution is 0.340. The highest BCUT2D eigenvalue weighted by Crippen LogP contribution is 2.34. The zero-order valence-electron chi connectivity index (χ0n) is 15.3. The van der Waals surface area contributed by atoms with Gasteiger partial charge >= 0.3 is 0 Å². The molecule has 0 unspecified atom stereocenters. The van der Waals surface area contributed by atoms with Crippen LogP contribution in [0.25, 0.3) is 27.8 Å². The Morgan fingerprint density at radius 3 is 2.22 bits per heavy atom. The van der Waals surface area contributed by atoms with Crippen molar-refractivity contribution in [3.8, 4) is 34.2 Å². The molecule has 0 atom stereocenters. The number of fused-ring (bicyclic) bond motifs is 1. The summed E-state index contributed by atoms with van der Waals surface area (Å²) in [5.41, 5.74) is 4.20. The maximum Gasteiger partial charge on any atom is 0.119 e. The lowest BCUT2D eigenvalue weighted by Crippen LogP contribution is -1.97. The maximum absolute atomic E-state index is 9.66. The summed E-state index contributed by atoms with van der Waals surface area (Å²) in [7, 11) is 1.67. The van der Waals surface area contributed by atoms with Crippen LogP contribution < -0.4 is 9.47 Å². The Morgan fingerprint density at radius 1 is 0.852 bits per heavy atom. The first-order chi connectivity index (χ1) is 13.2. The van der Waals surface area contributed by atoms with Gasteiger partial charge in [-0.25, -0.2) is 0 Å². The minimum Gasteiger partial charge on any atom is -0.508 e. The zero-order valence-corrected chi connectivity index (χ0v) is 15.3. The second kappa shape index (κ2) is 7.08. The average Bonchev–Trinajstić information content (AvgIpc) is 3.08. The molecule has 0 saturated heterocycles. The van der Waals surface area contributed by atoms with Gasteiger partial charge in [-0.3, -0.25) is 0 Å². The number of benzene rings is 3. The molecule has 4 nitrogen and oxygen atoms in total. The molecule has 0 bridgehead atoms. The number of rotatable bonds is 5. The van der Waals surface area contributed by atoms with Crippen molar-refractivity contribution in [2.75, 3.05) is 13.7 Å². The first-order valence-corrected chi connectivity index (χ1v) is 8.91. The third kappa shape index (κ3) is 3.22. The van der Waals surface area contributed by atoms with Crippen molar-refractivity contribution in [1.29, 1.82) is 0 Å². The lowest BCUT2D eigenvalue weighted by atomic mass is 10.1. The summed E-state index contributed by atoms with van der Waals surface area (Å²) in [6.07, 6.45) is 0. The molecule has 1 N–H and O–H groups in total. The van der Waals surface area contributed by atoms with Crippen LogP contribution in [0, 0.1) is 0 Å². The molecule has 136 valence electrons. The van der Waals surface area contributed by atoms with Crippen LogP contribution in [0.5, 0.6) is 17.2 Å². The van der Waals surface area contributed by atoms with E-state index < -0.39 is 0 Å². The molecule has 4 heteroatoms. The van der Waals surface area contributed by atoms with Crippen LogP contribution >= 0.6 is 0 Å². The van der Waals surface area contributed by atoms with Gasteiger partial charge in [-0.2, -0.15) is 0 Å². The Hall–Kier alpha value is -3.40. The van der Waals surface area contributed by atoms with E-state index in [0.717, 1.165) is 39.3 Å². The van der Waals surface area contributed by atoms with Crippen molar-refractivity contribution in [3.05, 3.63) is 72.8 Å². The molecule has 1 heterocycles. The Kier molecular flexibility index (Phi) is 4.47. The van der Waals surface area contributed by atoms with Crippen molar-refractivity contribution in [2.45, 2.75) is 6.92 Å². The van der Waals surface area contributed by atoms with Gasteiger partial charge in [0, 0.05) is 11.1 Å². The monoisotopic (exact) mass is 359 g/mol. The molecular weight excluding hydrogens is 338 g/mol. The van der Waals surface area contributed by atoms with Crippen LogP contribution in [0.3, 0.4) is 0 Å². The molecule has 0 aliphatic carbocycles. The second-order valence-corrected chi connectivity index (χ2v) is 6.26. The largest absolute Gasteiger partial charge is 0.508 e. The third-order valence-corrected chi connectivity index (χ3v) is 4.58. The van der Waals surface area contributed by atoms with Crippen molar-refractivity contribution < 1.29 is 14.6 Å². The van der Waals surface area contributed by atoms with E-state index in [9.17, 15) is 5.11 Å². The molecule has 0 aliphatic rings. The highest BCUT2D eigenvalue weighted by molar-refractivity contribution is 5.90. The average molecular weight is 359 g/mol. The highest BCUT2D eigenvalue weighted by Gasteiger charge is 2.13. The van der Waals surface area contributed by atoms with Crippen LogP contribution in [0.4, 0.5) is 0 Å². The summed E-state index contributed by atoms with van der Waals surface area (Å²) in [4.78, 5) is 0. The van der Waals surface area contributed by atoms with Gasteiger partial charge in [-0.05, 0) is 85.3 Å². The van der Waals surface area contributed by atoms with Crippen LogP contribution in [-0.4, -0.2) is 23.4 Å². The fourth-order valence-electron chi connectivity index (χ4n) is 3.30. The van der Waals surface area contributed by atoms with E-state index in [1.165, 1.54) is 0 Å². The topological polar surface area (TPSA) is 43.6 Å². The fraction of sp³-hybridized carbons (Fsp3) is 0.130. The van der Waals surface area contributed by atoms with Crippen LogP contribution in [0.1, 0.15) is 6.92 Å². The number of ether oxygens (including phenoxy) is 2. The molecule has 0 radical (unpaired) electrons. The standard InChI is InChI=1S/C23H21NO3/c1-3-27-20-10-4-16(5-11-20)23-15-17-14-21(26-2)12-13-22(17)24(23)18-6-8-19(25)9-7-18/h4-15,25H,3H2,1-2H3. The van der Waals surface area contributed by atoms with Gasteiger partial charge in [0.15, 0.2) is 0 Å². The van der Waals surface area contributed by atoms with Crippen molar-refractivity contribution in [1.82, 2.24) is 4.57 Å². The van der Waals surface area contributed by atoms with E-state index in [2.05, 4.69) is 28.8 Å². The van der Waals surface area contributed by atoms with Gasteiger partial charge in [0.25, 0.3) is 0 Å². The number of aromatic nitrogens is 1. The van der Waals surface area contributed by atoms with E-state index >= 15 is 0 Å². The molecule has 27 heavy (non-hydrogen) atoms. The second-order valence-electron chi connectivity index (χ2n) is 6.26. The molecule has 1 aromatic heterocycles. The SMILES string of the molecule is CCOc1ccc(-c2cc3cc(OC)ccc3n2-c2ccc(O)cc2)cc1. The van der Waals surface area contributed by atoms with Gasteiger partial charge in [-0.1, -0.05) is 0 Å². The molecule has 4 rings (SSSR count). The third-order valence-electron chi connectivity index (χ3n) is 4.58. The first-order valence-electron chi connectivity index (χ1n) is 8.91. The van der Waals surface area contributed by atoms with Crippen LogP contribution in [0.15, 0.2) is 72.8 Å². The quantitative estimate of drug-likeness (QED) is 0.518. The molecular formula is C23H21NO3. The molecule has 0 fully saturated rings. The molecule has 0 amide bonds. The fourth-order valence-corrected chi connectivity index (χ4v) is 3.30. The number of methoxy groups -OCH3 is 1. The highest BCUT2D eigenvalue weighted by atomic mass is 16.5. The molecule has 3 aromatic carbocycles. The van der Waals surface area contributed by atoms with E-state index in [0.29, 0.717) is 6.61 Å². The Labute approximate surface area is 158 Å². The number of aromatic hydroxyl groups is 1. The summed E-state index contributed by atoms with van der Waals surface area (Å²) < 4.78 is 13.1. The first kappa shape index (κ1) is 17.0. The van der Waals surface area contributed by atoms with Gasteiger partial charge in [0.1, 0.15) is 17.2 Å². The van der Waals surface area contributed by atoms with Gasteiger partial charge in [0.2, 0.25) is 0 Å². The van der Waals surface area contributed by atoms with E-state index in [4.69, 9.17) is 9.47 Å². The summed E-state index contributed by atoms with van der Waals surface area (Å²) in [6, 6.07) is 23.5. The van der Waals surface area contributed by atoms with Crippen LogP contribution in [-0.2, 0) is 0 Å². The summed E-state index contributed by atoms with van der Waals surface area (Å²) in [5, 5.41) is 10.8. The van der Waals surface area contributed by atoms with E-state index in [-0.39, 0.29) is 5.75 Å². The number of nitrogens with zero attached hydrogens (tertiary/aromatic N) is 1. The Balaban J connectivity index is 1.92. The molecule has 0 aliphatic heterocycles. The molecule has 4 aromatic rings. The number of phenolic OH excluding ortho intramolecular Hbond substituents is 1. The van der Waals surface area contributed by atoms with Crippen molar-refractivity contribution in [2.24, 2.45) is 0 Å². The minimum absolute atomic E-state index is 0.250. The van der Waals surface area contributed by atoms with E-state index in [1.807, 2.05) is 43.3 Å². The summed E-state index contributed by atoms with van der Waals surface area (Å²) >= 11 is 0. The molecule has 0 spiro atoms. The predicted octanol–water partition coefficient (Wildman–Crippen LogP) is 5.41. The van der Waals surface area contributed by atoms with Gasteiger partial charge in [-0.15, -0.1) is 0 Å². The van der Waals surface area contributed by atoms with Gasteiger partial charge < -0.3 is 19.1 Å². The Bertz CT molecular complexity index is 1060. The summed E-state index contributed by atoms with van der Waals surface area (Å²) in [6.45, 7) is 2.62. The van der Waals surface area contributed by atoms with Gasteiger partial charge in [0.05, 0.1) is 24.9 Å². The van der Waals surface area contributed by atoms with Crippen molar-refractivity contribution in [3.63, 3.8) is 0 Å². The summed E-state index contributed by atoms with van der Waals surface area (Å²) in [5.74, 6) is 1.93. The lowest BCUT2D eigenvalue weighted by Gasteiger charge is -2.12. The smallest absolute Gasteiger partial charge is 0.119 e. The molecule has 0 saturated carbocycles. The van der Waals surface area contributed by atoms with Crippen LogP contribution in [0.2, 0.25) is 0 Å². The maximum atomic E-state index is 9.66. The zero-order chi connectivity index (χ0) is 18.8. The Morgan fingerprint density at radius 2 is 1.56 bits per heavy atom. The van der Waals surface area contributed by atoms with Crippen molar-refractivity contribution >= 4 is 10.9 Å². The number of phenols is 1. The number of hydrogen-bond acceptors (Lipinski definition) is 3.